The molecular weight excluding hydrogens is 228 g/mol. The lowest BCUT2D eigenvalue weighted by Crippen LogP contribution is -2.38. The van der Waals surface area contributed by atoms with Crippen LogP contribution in [0.4, 0.5) is 0 Å². The second-order valence-corrected chi connectivity index (χ2v) is 4.84. The number of nitrogens with two attached hydrogens (primary N) is 1. The van der Waals surface area contributed by atoms with Crippen LogP contribution < -0.4 is 11.1 Å². The largest absolute Gasteiger partial charge is 0.481 e. The molecule has 0 aliphatic carbocycles. The van der Waals surface area contributed by atoms with E-state index in [2.05, 4.69) is 24.4 Å². The van der Waals surface area contributed by atoms with Crippen LogP contribution in [0, 0.1) is 20.8 Å². The number of hydrogen-bond donors (Lipinski definition) is 3. The smallest absolute Gasteiger partial charge is 0.304 e. The van der Waals surface area contributed by atoms with Crippen LogP contribution in [0.25, 0.3) is 0 Å². The monoisotopic (exact) mass is 250 g/mol. The van der Waals surface area contributed by atoms with E-state index in [1.54, 1.807) is 0 Å². The summed E-state index contributed by atoms with van der Waals surface area (Å²) < 4.78 is 0. The van der Waals surface area contributed by atoms with E-state index in [-0.39, 0.29) is 12.5 Å². The molecule has 4 heteroatoms. The molecule has 1 rings (SSSR count). The van der Waals surface area contributed by atoms with Gasteiger partial charge in [0.15, 0.2) is 0 Å². The van der Waals surface area contributed by atoms with E-state index >= 15 is 0 Å². The fourth-order valence-corrected chi connectivity index (χ4v) is 2.57. The van der Waals surface area contributed by atoms with Gasteiger partial charge in [-0.2, -0.15) is 0 Å². The van der Waals surface area contributed by atoms with Crippen molar-refractivity contribution >= 4 is 5.97 Å². The first kappa shape index (κ1) is 14.7. The van der Waals surface area contributed by atoms with Crippen molar-refractivity contribution in [3.63, 3.8) is 0 Å². The third-order valence-corrected chi connectivity index (χ3v) is 3.20. The number of likely N-dealkylation sites (N-methyl/N-ethyl adjacent to an activating group) is 1. The minimum atomic E-state index is -0.870. The van der Waals surface area contributed by atoms with E-state index in [1.807, 2.05) is 20.9 Å². The number of rotatable bonds is 5. The number of benzene rings is 1. The van der Waals surface area contributed by atoms with Gasteiger partial charge in [0.2, 0.25) is 0 Å². The van der Waals surface area contributed by atoms with Crippen molar-refractivity contribution in [3.8, 4) is 0 Å². The van der Waals surface area contributed by atoms with Crippen LogP contribution in [0.2, 0.25) is 0 Å². The molecule has 0 aliphatic rings. The van der Waals surface area contributed by atoms with Gasteiger partial charge in [-0.25, -0.2) is 0 Å². The molecule has 2 unspecified atom stereocenters. The minimum Gasteiger partial charge on any atom is -0.481 e. The molecular formula is C14H22N2O2. The van der Waals surface area contributed by atoms with E-state index in [9.17, 15) is 4.79 Å². The maximum Gasteiger partial charge on any atom is 0.304 e. The summed E-state index contributed by atoms with van der Waals surface area (Å²) in [6.45, 7) is 6.12. The van der Waals surface area contributed by atoms with Crippen molar-refractivity contribution in [1.29, 1.82) is 0 Å². The Bertz CT molecular complexity index is 420. The zero-order valence-electron chi connectivity index (χ0n) is 11.4. The molecule has 0 bridgehead atoms. The Morgan fingerprint density at radius 2 is 1.83 bits per heavy atom. The summed E-state index contributed by atoms with van der Waals surface area (Å²) in [6.07, 6.45) is -0.0434. The highest BCUT2D eigenvalue weighted by molar-refractivity contribution is 5.67. The molecule has 0 saturated heterocycles. The van der Waals surface area contributed by atoms with Crippen molar-refractivity contribution in [2.45, 2.75) is 39.3 Å². The predicted octanol–water partition coefficient (Wildman–Crippen LogP) is 1.67. The molecule has 0 saturated carbocycles. The Morgan fingerprint density at radius 1 is 1.33 bits per heavy atom. The lowest BCUT2D eigenvalue weighted by molar-refractivity contribution is -0.137. The standard InChI is InChI=1S/C14H22N2O2/c1-8-5-9(2)13(10(3)6-8)14(16-4)11(15)7-12(17)18/h5-6,11,14,16H,7,15H2,1-4H3,(H,17,18). The van der Waals surface area contributed by atoms with Gasteiger partial charge < -0.3 is 16.2 Å². The highest BCUT2D eigenvalue weighted by Crippen LogP contribution is 2.26. The average molecular weight is 250 g/mol. The van der Waals surface area contributed by atoms with Gasteiger partial charge in [-0.05, 0) is 44.5 Å². The quantitative estimate of drug-likeness (QED) is 0.743. The van der Waals surface area contributed by atoms with E-state index in [0.29, 0.717) is 0 Å². The van der Waals surface area contributed by atoms with Gasteiger partial charge in [0.1, 0.15) is 0 Å². The van der Waals surface area contributed by atoms with Gasteiger partial charge >= 0.3 is 5.97 Å². The molecule has 0 fully saturated rings. The van der Waals surface area contributed by atoms with Crippen LogP contribution in [0.3, 0.4) is 0 Å². The Balaban J connectivity index is 3.12. The van der Waals surface area contributed by atoms with Gasteiger partial charge in [0, 0.05) is 12.1 Å². The highest BCUT2D eigenvalue weighted by Gasteiger charge is 2.23. The minimum absolute atomic E-state index is 0.0434. The van der Waals surface area contributed by atoms with Crippen LogP contribution >= 0.6 is 0 Å². The summed E-state index contributed by atoms with van der Waals surface area (Å²) in [5.74, 6) is -0.870. The fraction of sp³-hybridized carbons (Fsp3) is 0.500. The Kier molecular flexibility index (Phi) is 4.87. The van der Waals surface area contributed by atoms with Crippen molar-refractivity contribution < 1.29 is 9.90 Å². The second-order valence-electron chi connectivity index (χ2n) is 4.84. The molecule has 100 valence electrons. The summed E-state index contributed by atoms with van der Waals surface area (Å²) in [7, 11) is 1.81. The van der Waals surface area contributed by atoms with Gasteiger partial charge in [-0.15, -0.1) is 0 Å². The molecule has 4 N–H and O–H groups in total. The number of carboxylic acids is 1. The summed E-state index contributed by atoms with van der Waals surface area (Å²) in [5.41, 5.74) is 10.6. The summed E-state index contributed by atoms with van der Waals surface area (Å²) in [4.78, 5) is 10.8. The molecule has 4 nitrogen and oxygen atoms in total. The van der Waals surface area contributed by atoms with Gasteiger partial charge in [-0.3, -0.25) is 4.79 Å². The van der Waals surface area contributed by atoms with Gasteiger partial charge in [0.25, 0.3) is 0 Å². The molecule has 0 radical (unpaired) electrons. The zero-order valence-corrected chi connectivity index (χ0v) is 11.4. The van der Waals surface area contributed by atoms with E-state index in [0.717, 1.165) is 16.7 Å². The number of carboxylic acid groups (broad SMARTS) is 1. The molecule has 0 aromatic heterocycles. The lowest BCUT2D eigenvalue weighted by atomic mass is 9.89. The molecule has 1 aromatic rings. The topological polar surface area (TPSA) is 75.3 Å². The molecule has 2 atom stereocenters. The molecule has 0 amide bonds. The lowest BCUT2D eigenvalue weighted by Gasteiger charge is -2.26. The first-order valence-electron chi connectivity index (χ1n) is 6.09. The first-order chi connectivity index (χ1) is 8.36. The Labute approximate surface area is 108 Å². The number of aliphatic carboxylic acids is 1. The number of hydrogen-bond acceptors (Lipinski definition) is 3. The van der Waals surface area contributed by atoms with E-state index < -0.39 is 12.0 Å². The molecule has 1 aromatic carbocycles. The number of carbonyl (C=O) groups is 1. The van der Waals surface area contributed by atoms with Crippen molar-refractivity contribution in [2.24, 2.45) is 5.73 Å². The van der Waals surface area contributed by atoms with Gasteiger partial charge in [-0.1, -0.05) is 17.7 Å². The molecule has 18 heavy (non-hydrogen) atoms. The summed E-state index contributed by atoms with van der Waals surface area (Å²) in [5, 5.41) is 12.0. The van der Waals surface area contributed by atoms with Crippen LogP contribution in [-0.2, 0) is 4.79 Å². The van der Waals surface area contributed by atoms with Crippen LogP contribution in [0.1, 0.15) is 34.7 Å². The normalized spacial score (nSPS) is 14.3. The molecule has 0 heterocycles. The van der Waals surface area contributed by atoms with E-state index in [4.69, 9.17) is 10.8 Å². The molecule has 0 aliphatic heterocycles. The molecule has 0 spiro atoms. The van der Waals surface area contributed by atoms with Crippen molar-refractivity contribution in [1.82, 2.24) is 5.32 Å². The summed E-state index contributed by atoms with van der Waals surface area (Å²) >= 11 is 0. The Hall–Kier alpha value is -1.39. The number of aryl methyl sites for hydroxylation is 3. The van der Waals surface area contributed by atoms with Crippen molar-refractivity contribution in [2.75, 3.05) is 7.05 Å². The van der Waals surface area contributed by atoms with E-state index in [1.165, 1.54) is 5.56 Å². The maximum atomic E-state index is 10.8. The predicted molar refractivity (Wildman–Crippen MR) is 72.7 cm³/mol. The fourth-order valence-electron chi connectivity index (χ4n) is 2.57. The van der Waals surface area contributed by atoms with Crippen LogP contribution in [0.15, 0.2) is 12.1 Å². The second kappa shape index (κ2) is 5.98. The average Bonchev–Trinajstić information content (AvgIpc) is 2.21. The van der Waals surface area contributed by atoms with Crippen LogP contribution in [-0.4, -0.2) is 24.2 Å². The van der Waals surface area contributed by atoms with Crippen LogP contribution in [0.5, 0.6) is 0 Å². The summed E-state index contributed by atoms with van der Waals surface area (Å²) in [6, 6.07) is 3.62. The highest BCUT2D eigenvalue weighted by atomic mass is 16.4. The number of nitrogens with one attached hydrogen (secondary N) is 1. The Morgan fingerprint density at radius 3 is 2.22 bits per heavy atom. The third kappa shape index (κ3) is 3.31. The van der Waals surface area contributed by atoms with Crippen molar-refractivity contribution in [3.05, 3.63) is 34.4 Å². The van der Waals surface area contributed by atoms with Gasteiger partial charge in [0.05, 0.1) is 6.42 Å². The maximum absolute atomic E-state index is 10.8. The zero-order chi connectivity index (χ0) is 13.9. The SMILES string of the molecule is CNC(c1c(C)cc(C)cc1C)C(N)CC(=O)O. The first-order valence-corrected chi connectivity index (χ1v) is 6.09. The third-order valence-electron chi connectivity index (χ3n) is 3.20.